The molecule has 0 saturated carbocycles. The molecule has 0 amide bonds. The van der Waals surface area contributed by atoms with Gasteiger partial charge in [0.25, 0.3) is 0 Å². The first kappa shape index (κ1) is 27.9. The largest absolute Gasteiger partial charge is 0.383 e. The zero-order valence-electron chi connectivity index (χ0n) is 23.3. The van der Waals surface area contributed by atoms with Crippen LogP contribution in [0.25, 0.3) is 16.9 Å². The zero-order valence-corrected chi connectivity index (χ0v) is 23.3. The van der Waals surface area contributed by atoms with Gasteiger partial charge in [-0.3, -0.25) is 4.79 Å². The lowest BCUT2D eigenvalue weighted by Crippen LogP contribution is -2.42. The number of methoxy groups -OCH3 is 1. The second kappa shape index (κ2) is 12.3. The fraction of sp³-hybridized carbons (Fsp3) is 0.375. The summed E-state index contributed by atoms with van der Waals surface area (Å²) in [5.41, 5.74) is 5.36. The number of hydrogen-bond acceptors (Lipinski definition) is 4. The molecule has 0 N–H and O–H groups in total. The predicted octanol–water partition coefficient (Wildman–Crippen LogP) is 5.72. The van der Waals surface area contributed by atoms with Gasteiger partial charge >= 0.3 is 0 Å². The highest BCUT2D eigenvalue weighted by molar-refractivity contribution is 5.82. The normalized spacial score (nSPS) is 17.8. The summed E-state index contributed by atoms with van der Waals surface area (Å²) < 4.78 is 37.0. The van der Waals surface area contributed by atoms with Crippen molar-refractivity contribution in [3.05, 3.63) is 95.4 Å². The Morgan fingerprint density at radius 3 is 2.60 bits per heavy atom. The summed E-state index contributed by atoms with van der Waals surface area (Å²) in [6, 6.07) is 16.0. The molecule has 2 unspecified atom stereocenters. The molecule has 1 fully saturated rings. The molecule has 8 heteroatoms. The number of benzene rings is 2. The highest BCUT2D eigenvalue weighted by Gasteiger charge is 2.33. The number of aryl methyl sites for hydroxylation is 1. The van der Waals surface area contributed by atoms with E-state index >= 15 is 0 Å². The van der Waals surface area contributed by atoms with Crippen LogP contribution in [0.5, 0.6) is 0 Å². The van der Waals surface area contributed by atoms with Crippen LogP contribution in [0, 0.1) is 24.5 Å². The number of halogens is 2. The third-order valence-electron chi connectivity index (χ3n) is 8.01. The molecule has 6 nitrogen and oxygen atoms in total. The van der Waals surface area contributed by atoms with Crippen molar-refractivity contribution in [3.8, 4) is 16.9 Å². The van der Waals surface area contributed by atoms with Crippen molar-refractivity contribution in [2.75, 3.05) is 33.4 Å². The predicted molar refractivity (Wildman–Crippen MR) is 152 cm³/mol. The van der Waals surface area contributed by atoms with E-state index in [-0.39, 0.29) is 24.0 Å². The first-order chi connectivity index (χ1) is 19.3. The first-order valence-electron chi connectivity index (χ1n) is 13.8. The van der Waals surface area contributed by atoms with Gasteiger partial charge in [-0.2, -0.15) is 5.10 Å². The molecule has 2 aromatic carbocycles. The van der Waals surface area contributed by atoms with Crippen molar-refractivity contribution in [3.63, 3.8) is 0 Å². The molecule has 0 radical (unpaired) electrons. The Bertz CT molecular complexity index is 1460. The van der Waals surface area contributed by atoms with Gasteiger partial charge in [-0.15, -0.1) is 0 Å². The van der Waals surface area contributed by atoms with Crippen LogP contribution in [0.2, 0.25) is 0 Å². The van der Waals surface area contributed by atoms with E-state index in [1.165, 1.54) is 12.1 Å². The lowest BCUT2D eigenvalue weighted by molar-refractivity contribution is -0.120. The van der Waals surface area contributed by atoms with Crippen molar-refractivity contribution < 1.29 is 18.3 Å². The monoisotopic (exact) mass is 546 g/mol. The summed E-state index contributed by atoms with van der Waals surface area (Å²) in [6.45, 7) is 4.91. The SMILES string of the molecule is COCCN1CCC(c2ccc(F)c(F)c2)C(CC(=O)Cc2c(C)c(-c3ccn(C)c3)nn2-c2ccccc2)C1. The minimum atomic E-state index is -0.854. The quantitative estimate of drug-likeness (QED) is 0.255. The Balaban J connectivity index is 1.43. The maximum atomic E-state index is 14.2. The van der Waals surface area contributed by atoms with Crippen molar-refractivity contribution in [1.82, 2.24) is 19.2 Å². The number of hydrogen-bond donors (Lipinski definition) is 0. The van der Waals surface area contributed by atoms with Crippen LogP contribution < -0.4 is 0 Å². The number of rotatable bonds is 10. The highest BCUT2D eigenvalue weighted by Crippen LogP contribution is 2.36. The molecule has 5 rings (SSSR count). The van der Waals surface area contributed by atoms with E-state index in [0.29, 0.717) is 19.6 Å². The molecule has 4 aromatic rings. The number of ether oxygens (including phenoxy) is 1. The molecule has 210 valence electrons. The van der Waals surface area contributed by atoms with E-state index in [1.807, 2.05) is 72.0 Å². The van der Waals surface area contributed by atoms with E-state index in [4.69, 9.17) is 9.84 Å². The second-order valence-electron chi connectivity index (χ2n) is 10.8. The molecule has 40 heavy (non-hydrogen) atoms. The Morgan fingerprint density at radius 1 is 1.10 bits per heavy atom. The molecule has 1 aliphatic heterocycles. The van der Waals surface area contributed by atoms with Crippen molar-refractivity contribution >= 4 is 5.78 Å². The van der Waals surface area contributed by atoms with Crippen LogP contribution in [-0.2, 0) is 23.0 Å². The van der Waals surface area contributed by atoms with E-state index in [1.54, 1.807) is 13.2 Å². The van der Waals surface area contributed by atoms with Crippen LogP contribution in [0.15, 0.2) is 67.0 Å². The van der Waals surface area contributed by atoms with Gasteiger partial charge in [0, 0.05) is 58.0 Å². The van der Waals surface area contributed by atoms with Gasteiger partial charge in [0.15, 0.2) is 11.6 Å². The molecular weight excluding hydrogens is 510 g/mol. The Labute approximate surface area is 234 Å². The third kappa shape index (κ3) is 6.08. The number of carbonyl (C=O) groups excluding carboxylic acids is 1. The molecule has 2 atom stereocenters. The first-order valence-corrected chi connectivity index (χ1v) is 13.8. The summed E-state index contributed by atoms with van der Waals surface area (Å²) in [4.78, 5) is 16.1. The van der Waals surface area contributed by atoms with E-state index in [2.05, 4.69) is 4.90 Å². The van der Waals surface area contributed by atoms with Crippen molar-refractivity contribution in [1.29, 1.82) is 0 Å². The minimum absolute atomic E-state index is 0.0232. The van der Waals surface area contributed by atoms with E-state index in [9.17, 15) is 13.6 Å². The lowest BCUT2D eigenvalue weighted by atomic mass is 9.77. The van der Waals surface area contributed by atoms with Crippen LogP contribution in [0.3, 0.4) is 0 Å². The minimum Gasteiger partial charge on any atom is -0.383 e. The summed E-state index contributed by atoms with van der Waals surface area (Å²) in [5, 5.41) is 4.94. The Morgan fingerprint density at radius 2 is 1.90 bits per heavy atom. The molecule has 0 bridgehead atoms. The summed E-state index contributed by atoms with van der Waals surface area (Å²) >= 11 is 0. The zero-order chi connectivity index (χ0) is 28.2. The molecule has 1 saturated heterocycles. The maximum Gasteiger partial charge on any atom is 0.159 e. The van der Waals surface area contributed by atoms with Crippen molar-refractivity contribution in [2.24, 2.45) is 13.0 Å². The van der Waals surface area contributed by atoms with Gasteiger partial charge in [0.2, 0.25) is 0 Å². The topological polar surface area (TPSA) is 52.3 Å². The third-order valence-corrected chi connectivity index (χ3v) is 8.01. The van der Waals surface area contributed by atoms with E-state index in [0.717, 1.165) is 53.3 Å². The Hall–Kier alpha value is -3.62. The van der Waals surface area contributed by atoms with Crippen LogP contribution >= 0.6 is 0 Å². The number of nitrogens with zero attached hydrogens (tertiary/aromatic N) is 4. The number of ketones is 1. The fourth-order valence-corrected chi connectivity index (χ4v) is 5.91. The highest BCUT2D eigenvalue weighted by atomic mass is 19.2. The molecule has 3 heterocycles. The number of likely N-dealkylation sites (tertiary alicyclic amines) is 1. The number of aromatic nitrogens is 3. The maximum absolute atomic E-state index is 14.2. The molecular formula is C32H36F2N4O2. The Kier molecular flexibility index (Phi) is 8.57. The van der Waals surface area contributed by atoms with Gasteiger partial charge in [0.1, 0.15) is 5.78 Å². The van der Waals surface area contributed by atoms with Crippen molar-refractivity contribution in [2.45, 2.75) is 32.1 Å². The van der Waals surface area contributed by atoms with Gasteiger partial charge in [-0.1, -0.05) is 24.3 Å². The summed E-state index contributed by atoms with van der Waals surface area (Å²) in [6.07, 6.45) is 5.36. The lowest BCUT2D eigenvalue weighted by Gasteiger charge is -2.38. The number of para-hydroxylation sites is 1. The number of carbonyl (C=O) groups is 1. The fourth-order valence-electron chi connectivity index (χ4n) is 5.91. The number of Topliss-reactive ketones (excluding diaryl/α,β-unsaturated/α-hetero) is 1. The van der Waals surface area contributed by atoms with Gasteiger partial charge in [-0.25, -0.2) is 13.5 Å². The van der Waals surface area contributed by atoms with Crippen LogP contribution in [0.1, 0.15) is 35.6 Å². The van der Waals surface area contributed by atoms with Gasteiger partial charge in [-0.05, 0) is 73.2 Å². The van der Waals surface area contributed by atoms with Gasteiger partial charge in [0.05, 0.1) is 23.7 Å². The second-order valence-corrected chi connectivity index (χ2v) is 10.8. The molecule has 2 aromatic heterocycles. The van der Waals surface area contributed by atoms with Gasteiger partial charge < -0.3 is 14.2 Å². The molecule has 1 aliphatic rings. The van der Waals surface area contributed by atoms with E-state index < -0.39 is 11.6 Å². The van der Waals surface area contributed by atoms with Crippen LogP contribution in [0.4, 0.5) is 8.78 Å². The molecule has 0 spiro atoms. The molecule has 0 aliphatic carbocycles. The average molecular weight is 547 g/mol. The average Bonchev–Trinajstić information content (AvgIpc) is 3.52. The summed E-state index contributed by atoms with van der Waals surface area (Å²) in [7, 11) is 3.65. The summed E-state index contributed by atoms with van der Waals surface area (Å²) in [5.74, 6) is -1.65. The standard InChI is InChI=1S/C32H36F2N4O2/c1-22-31(38(26-7-5-4-6-8-26)35-32(22)24-11-13-36(2)20-24)19-27(39)17-25-21-37(15-16-40-3)14-12-28(25)23-9-10-29(33)30(34)18-23/h4-11,13,18,20,25,28H,12,14-17,19,21H2,1-3H3. The smallest absolute Gasteiger partial charge is 0.159 e. The van der Waals surface area contributed by atoms with Crippen LogP contribution in [-0.4, -0.2) is 58.4 Å². The number of piperidine rings is 1.